The first-order valence-corrected chi connectivity index (χ1v) is 11.8. The van der Waals surface area contributed by atoms with Crippen LogP contribution < -0.4 is 15.3 Å². The molecule has 3 saturated carbocycles. The standard InChI is InChI=1S/3C8H14O2.In/c3*1-6-4-2-3-5-7(6)8(9)10;/h3*6-7H,2-5H2,1H3,(H,9,10);/q;;;+3/p-3. The van der Waals surface area contributed by atoms with E-state index in [0.29, 0.717) is 17.8 Å². The van der Waals surface area contributed by atoms with Crippen LogP contribution in [0.3, 0.4) is 0 Å². The van der Waals surface area contributed by atoms with Gasteiger partial charge in [0.15, 0.2) is 0 Å². The predicted molar refractivity (Wildman–Crippen MR) is 114 cm³/mol. The first kappa shape index (κ1) is 30.3. The molecule has 0 aromatic heterocycles. The van der Waals surface area contributed by atoms with Gasteiger partial charge >= 0.3 is 25.8 Å². The summed E-state index contributed by atoms with van der Waals surface area (Å²) in [5, 5.41) is 31.4. The Kier molecular flexibility index (Phi) is 15.6. The van der Waals surface area contributed by atoms with Crippen LogP contribution in [-0.2, 0) is 14.4 Å². The monoisotopic (exact) mass is 538 g/mol. The molecule has 0 radical (unpaired) electrons. The number of hydrogen-bond donors (Lipinski definition) is 0. The molecule has 0 amide bonds. The van der Waals surface area contributed by atoms with Crippen LogP contribution in [0, 0.1) is 35.5 Å². The number of carbonyl (C=O) groups is 3. The maximum absolute atomic E-state index is 10.5. The molecule has 6 unspecified atom stereocenters. The molecule has 31 heavy (non-hydrogen) atoms. The third-order valence-corrected chi connectivity index (χ3v) is 7.24. The van der Waals surface area contributed by atoms with Gasteiger partial charge in [-0.1, -0.05) is 78.6 Å². The summed E-state index contributed by atoms with van der Waals surface area (Å²) in [6.45, 7) is 6.00. The molecule has 174 valence electrons. The Labute approximate surface area is 206 Å². The molecule has 6 atom stereocenters. The van der Waals surface area contributed by atoms with E-state index in [0.717, 1.165) is 57.8 Å². The van der Waals surface area contributed by atoms with Crippen LogP contribution in [0.25, 0.3) is 0 Å². The van der Waals surface area contributed by atoms with Crippen molar-refractivity contribution in [2.24, 2.45) is 35.5 Å². The normalized spacial score (nSPS) is 32.6. The largest absolute Gasteiger partial charge is 3.00 e. The van der Waals surface area contributed by atoms with Crippen molar-refractivity contribution >= 4 is 43.8 Å². The molecular formula is C24H39InO6. The topological polar surface area (TPSA) is 120 Å². The van der Waals surface area contributed by atoms with Gasteiger partial charge in [-0.2, -0.15) is 0 Å². The van der Waals surface area contributed by atoms with Gasteiger partial charge in [-0.05, 0) is 37.0 Å². The zero-order chi connectivity index (χ0) is 22.7. The SMILES string of the molecule is CC1CCCCC1C(=O)[O-].CC1CCCCC1C(=O)[O-].CC1CCCCC1C(=O)[O-].[In+3]. The molecule has 6 nitrogen and oxygen atoms in total. The summed E-state index contributed by atoms with van der Waals surface area (Å²) in [5.41, 5.74) is 0. The van der Waals surface area contributed by atoms with Crippen LogP contribution >= 0.6 is 0 Å². The van der Waals surface area contributed by atoms with E-state index in [2.05, 4.69) is 0 Å². The third kappa shape index (κ3) is 11.1. The van der Waals surface area contributed by atoms with Crippen molar-refractivity contribution in [2.75, 3.05) is 0 Å². The zero-order valence-corrected chi connectivity index (χ0v) is 22.8. The minimum Gasteiger partial charge on any atom is -0.550 e. The quantitative estimate of drug-likeness (QED) is 0.535. The van der Waals surface area contributed by atoms with Gasteiger partial charge in [0.2, 0.25) is 0 Å². The first-order valence-electron chi connectivity index (χ1n) is 11.8. The van der Waals surface area contributed by atoms with E-state index >= 15 is 0 Å². The molecule has 0 N–H and O–H groups in total. The molecule has 7 heteroatoms. The van der Waals surface area contributed by atoms with Crippen molar-refractivity contribution < 1.29 is 29.7 Å². The molecule has 0 heterocycles. The van der Waals surface area contributed by atoms with E-state index < -0.39 is 17.9 Å². The van der Waals surface area contributed by atoms with Gasteiger partial charge in [-0.25, -0.2) is 0 Å². The van der Waals surface area contributed by atoms with Crippen LogP contribution in [-0.4, -0.2) is 43.8 Å². The molecule has 3 rings (SSSR count). The third-order valence-electron chi connectivity index (χ3n) is 7.24. The van der Waals surface area contributed by atoms with Crippen LogP contribution in [0.5, 0.6) is 0 Å². The van der Waals surface area contributed by atoms with Crippen molar-refractivity contribution in [2.45, 2.75) is 97.8 Å². The smallest absolute Gasteiger partial charge is 0.550 e. The van der Waals surface area contributed by atoms with E-state index in [4.69, 9.17) is 0 Å². The van der Waals surface area contributed by atoms with E-state index in [9.17, 15) is 29.7 Å². The number of carbonyl (C=O) groups excluding carboxylic acids is 3. The fourth-order valence-corrected chi connectivity index (χ4v) is 5.00. The summed E-state index contributed by atoms with van der Waals surface area (Å²) >= 11 is 0. The van der Waals surface area contributed by atoms with Gasteiger partial charge in [0.1, 0.15) is 0 Å². The molecule has 3 aliphatic carbocycles. The Hall–Kier alpha value is -0.720. The van der Waals surface area contributed by atoms with E-state index in [1.807, 2.05) is 20.8 Å². The molecule has 3 aliphatic rings. The number of carboxylic acid groups (broad SMARTS) is 3. The van der Waals surface area contributed by atoms with Crippen LogP contribution in [0.1, 0.15) is 97.8 Å². The fourth-order valence-electron chi connectivity index (χ4n) is 5.00. The van der Waals surface area contributed by atoms with Crippen LogP contribution in [0.15, 0.2) is 0 Å². The van der Waals surface area contributed by atoms with Gasteiger partial charge in [0.25, 0.3) is 0 Å². The Morgan fingerprint density at radius 2 is 0.677 bits per heavy atom. The summed E-state index contributed by atoms with van der Waals surface area (Å²) in [5.74, 6) is -2.08. The van der Waals surface area contributed by atoms with Gasteiger partial charge in [-0.3, -0.25) is 0 Å². The predicted octanol–water partition coefficient (Wildman–Crippen LogP) is 1.31. The number of rotatable bonds is 3. The fraction of sp³-hybridized carbons (Fsp3) is 0.875. The maximum atomic E-state index is 10.5. The van der Waals surface area contributed by atoms with Gasteiger partial charge in [-0.15, -0.1) is 0 Å². The minimum absolute atomic E-state index is 0. The second-order valence-electron chi connectivity index (χ2n) is 9.56. The minimum atomic E-state index is -0.854. The summed E-state index contributed by atoms with van der Waals surface area (Å²) in [7, 11) is 0. The Balaban J connectivity index is 0.000000429. The van der Waals surface area contributed by atoms with Gasteiger partial charge in [0.05, 0.1) is 0 Å². The van der Waals surface area contributed by atoms with Crippen molar-refractivity contribution in [3.05, 3.63) is 0 Å². The molecular weight excluding hydrogens is 499 g/mol. The summed E-state index contributed by atoms with van der Waals surface area (Å²) in [6, 6.07) is 0. The molecule has 0 spiro atoms. The second kappa shape index (κ2) is 16.0. The Morgan fingerprint density at radius 1 is 0.484 bits per heavy atom. The van der Waals surface area contributed by atoms with Crippen molar-refractivity contribution in [1.82, 2.24) is 0 Å². The van der Waals surface area contributed by atoms with Gasteiger partial charge < -0.3 is 29.7 Å². The van der Waals surface area contributed by atoms with Crippen LogP contribution in [0.2, 0.25) is 0 Å². The summed E-state index contributed by atoms with van der Waals surface area (Å²) < 4.78 is 0. The van der Waals surface area contributed by atoms with Crippen molar-refractivity contribution in [3.63, 3.8) is 0 Å². The molecule has 0 aromatic rings. The number of carboxylic acids is 3. The van der Waals surface area contributed by atoms with E-state index in [1.54, 1.807) is 0 Å². The molecule has 3 fully saturated rings. The van der Waals surface area contributed by atoms with Crippen molar-refractivity contribution in [1.29, 1.82) is 0 Å². The summed E-state index contributed by atoms with van der Waals surface area (Å²) in [6.07, 6.45) is 12.4. The Bertz CT molecular complexity index is 476. The molecule has 0 aliphatic heterocycles. The molecule has 0 aromatic carbocycles. The average molecular weight is 538 g/mol. The number of aliphatic carboxylic acids is 3. The number of hydrogen-bond acceptors (Lipinski definition) is 6. The average Bonchev–Trinajstić information content (AvgIpc) is 2.69. The van der Waals surface area contributed by atoms with Crippen molar-refractivity contribution in [3.8, 4) is 0 Å². The Morgan fingerprint density at radius 3 is 0.806 bits per heavy atom. The summed E-state index contributed by atoms with van der Waals surface area (Å²) in [4.78, 5) is 31.4. The maximum Gasteiger partial charge on any atom is 3.00 e. The first-order chi connectivity index (χ1) is 14.1. The van der Waals surface area contributed by atoms with E-state index in [-0.39, 0.29) is 43.6 Å². The molecule has 0 bridgehead atoms. The molecule has 0 saturated heterocycles. The van der Waals surface area contributed by atoms with E-state index in [1.165, 1.54) is 19.3 Å². The second-order valence-corrected chi connectivity index (χ2v) is 9.56. The van der Waals surface area contributed by atoms with Crippen LogP contribution in [0.4, 0.5) is 0 Å². The van der Waals surface area contributed by atoms with Gasteiger partial charge in [0, 0.05) is 35.7 Å². The zero-order valence-electron chi connectivity index (χ0n) is 19.5.